The monoisotopic (exact) mass is 449 g/mol. The first-order chi connectivity index (χ1) is 15.6. The Labute approximate surface area is 190 Å². The summed E-state index contributed by atoms with van der Waals surface area (Å²) >= 11 is 6.05. The zero-order valence-electron chi connectivity index (χ0n) is 17.4. The van der Waals surface area contributed by atoms with E-state index in [4.69, 9.17) is 25.5 Å². The van der Waals surface area contributed by atoms with Gasteiger partial charge in [0.15, 0.2) is 11.5 Å². The number of carbonyl (C=O) groups is 1. The van der Waals surface area contributed by atoms with Gasteiger partial charge in [0.05, 0.1) is 14.2 Å². The zero-order valence-corrected chi connectivity index (χ0v) is 18.2. The van der Waals surface area contributed by atoms with Crippen LogP contribution in [-0.2, 0) is 0 Å². The molecule has 0 bridgehead atoms. The lowest BCUT2D eigenvalue weighted by molar-refractivity contribution is 0.0937. The normalized spacial score (nSPS) is 11.6. The van der Waals surface area contributed by atoms with Crippen molar-refractivity contribution in [2.75, 3.05) is 14.2 Å². The van der Waals surface area contributed by atoms with Crippen LogP contribution in [-0.4, -0.2) is 30.3 Å². The van der Waals surface area contributed by atoms with Crippen LogP contribution in [0.15, 0.2) is 77.2 Å². The number of methoxy groups -OCH3 is 2. The first-order valence-corrected chi connectivity index (χ1v) is 10.1. The van der Waals surface area contributed by atoms with Gasteiger partial charge in [-0.1, -0.05) is 41.9 Å². The first-order valence-electron chi connectivity index (χ1n) is 9.76. The van der Waals surface area contributed by atoms with Crippen molar-refractivity contribution in [3.63, 3.8) is 0 Å². The van der Waals surface area contributed by atoms with Crippen molar-refractivity contribution in [1.82, 2.24) is 15.5 Å². The topological polar surface area (TPSA) is 86.5 Å². The Morgan fingerprint density at radius 2 is 1.66 bits per heavy atom. The smallest absolute Gasteiger partial charge is 0.252 e. The number of amides is 1. The summed E-state index contributed by atoms with van der Waals surface area (Å²) in [5.74, 6) is 1.25. The van der Waals surface area contributed by atoms with Gasteiger partial charge in [-0.15, -0.1) is 10.2 Å². The van der Waals surface area contributed by atoms with Crippen LogP contribution in [0, 0.1) is 0 Å². The standard InChI is InChI=1S/C24H20ClN3O4/c1-30-19-13-10-17(14-20(19)31-2)22(29)26-21(15-8-11-18(25)12-9-15)24-28-27-23(32-24)16-6-4-3-5-7-16/h3-14,21H,1-2H3,(H,26,29)/t21-/m0/s1. The molecule has 4 aromatic rings. The second kappa shape index (κ2) is 9.53. The summed E-state index contributed by atoms with van der Waals surface area (Å²) < 4.78 is 16.5. The van der Waals surface area contributed by atoms with E-state index in [-0.39, 0.29) is 11.8 Å². The van der Waals surface area contributed by atoms with E-state index in [1.807, 2.05) is 30.3 Å². The number of rotatable bonds is 7. The number of nitrogens with zero attached hydrogens (tertiary/aromatic N) is 2. The van der Waals surface area contributed by atoms with Crippen LogP contribution >= 0.6 is 11.6 Å². The molecule has 0 saturated heterocycles. The quantitative estimate of drug-likeness (QED) is 0.430. The van der Waals surface area contributed by atoms with Crippen molar-refractivity contribution in [3.05, 3.63) is 94.8 Å². The number of hydrogen-bond acceptors (Lipinski definition) is 6. The molecule has 1 atom stereocenters. The largest absolute Gasteiger partial charge is 0.493 e. The summed E-state index contributed by atoms with van der Waals surface area (Å²) in [4.78, 5) is 13.1. The number of ether oxygens (including phenoxy) is 2. The fraction of sp³-hybridized carbons (Fsp3) is 0.125. The summed E-state index contributed by atoms with van der Waals surface area (Å²) in [6, 6.07) is 20.7. The highest BCUT2D eigenvalue weighted by atomic mass is 35.5. The minimum atomic E-state index is -0.683. The Hall–Kier alpha value is -3.84. The molecule has 0 saturated carbocycles. The van der Waals surface area contributed by atoms with Crippen LogP contribution in [0.25, 0.3) is 11.5 Å². The Bertz CT molecular complexity index is 1210. The highest BCUT2D eigenvalue weighted by Gasteiger charge is 2.24. The molecule has 0 aliphatic rings. The molecule has 0 fully saturated rings. The van der Waals surface area contributed by atoms with Gasteiger partial charge in [0, 0.05) is 16.1 Å². The molecule has 8 heteroatoms. The van der Waals surface area contributed by atoms with Gasteiger partial charge in [0.25, 0.3) is 5.91 Å². The number of aromatic nitrogens is 2. The fourth-order valence-corrected chi connectivity index (χ4v) is 3.31. The Balaban J connectivity index is 1.67. The summed E-state index contributed by atoms with van der Waals surface area (Å²) in [6.07, 6.45) is 0. The van der Waals surface area contributed by atoms with E-state index in [0.717, 1.165) is 11.1 Å². The second-order valence-electron chi connectivity index (χ2n) is 6.84. The lowest BCUT2D eigenvalue weighted by Gasteiger charge is -2.17. The molecule has 7 nitrogen and oxygen atoms in total. The predicted molar refractivity (Wildman–Crippen MR) is 120 cm³/mol. The van der Waals surface area contributed by atoms with Gasteiger partial charge in [-0.3, -0.25) is 4.79 Å². The lowest BCUT2D eigenvalue weighted by atomic mass is 10.1. The number of benzene rings is 3. The highest BCUT2D eigenvalue weighted by molar-refractivity contribution is 6.30. The van der Waals surface area contributed by atoms with E-state index < -0.39 is 6.04 Å². The van der Waals surface area contributed by atoms with Crippen LogP contribution in [0.1, 0.15) is 27.9 Å². The number of carbonyl (C=O) groups excluding carboxylic acids is 1. The molecular formula is C24H20ClN3O4. The van der Waals surface area contributed by atoms with E-state index in [1.165, 1.54) is 14.2 Å². The van der Waals surface area contributed by atoms with Gasteiger partial charge in [0.1, 0.15) is 6.04 Å². The zero-order chi connectivity index (χ0) is 22.5. The van der Waals surface area contributed by atoms with Crippen LogP contribution in [0.3, 0.4) is 0 Å². The van der Waals surface area contributed by atoms with Crippen molar-refractivity contribution < 1.29 is 18.7 Å². The third kappa shape index (κ3) is 4.58. The molecule has 1 aromatic heterocycles. The highest BCUT2D eigenvalue weighted by Crippen LogP contribution is 2.29. The maximum absolute atomic E-state index is 13.1. The van der Waals surface area contributed by atoms with Crippen molar-refractivity contribution in [3.8, 4) is 23.0 Å². The maximum Gasteiger partial charge on any atom is 0.252 e. The third-order valence-corrected chi connectivity index (χ3v) is 5.08. The third-order valence-electron chi connectivity index (χ3n) is 4.83. The molecule has 0 aliphatic carbocycles. The predicted octanol–water partition coefficient (Wildman–Crippen LogP) is 4.93. The van der Waals surface area contributed by atoms with Gasteiger partial charge in [-0.05, 0) is 48.0 Å². The Kier molecular flexibility index (Phi) is 6.37. The van der Waals surface area contributed by atoms with Crippen LogP contribution < -0.4 is 14.8 Å². The second-order valence-corrected chi connectivity index (χ2v) is 7.28. The van der Waals surface area contributed by atoms with Crippen molar-refractivity contribution in [2.45, 2.75) is 6.04 Å². The van der Waals surface area contributed by atoms with Crippen LogP contribution in [0.2, 0.25) is 5.02 Å². The van der Waals surface area contributed by atoms with E-state index in [1.54, 1.807) is 42.5 Å². The van der Waals surface area contributed by atoms with Crippen LogP contribution in [0.4, 0.5) is 0 Å². The SMILES string of the molecule is COc1ccc(C(=O)N[C@@H](c2ccc(Cl)cc2)c2nnc(-c3ccccc3)o2)cc1OC. The molecule has 162 valence electrons. The fourth-order valence-electron chi connectivity index (χ4n) is 3.18. The molecule has 4 rings (SSSR count). The van der Waals surface area contributed by atoms with E-state index in [0.29, 0.717) is 28.0 Å². The van der Waals surface area contributed by atoms with E-state index >= 15 is 0 Å². The molecular weight excluding hydrogens is 430 g/mol. The van der Waals surface area contributed by atoms with Crippen molar-refractivity contribution in [1.29, 1.82) is 0 Å². The molecule has 1 amide bonds. The van der Waals surface area contributed by atoms with Crippen LogP contribution in [0.5, 0.6) is 11.5 Å². The van der Waals surface area contributed by atoms with Gasteiger partial charge < -0.3 is 19.2 Å². The van der Waals surface area contributed by atoms with Gasteiger partial charge >= 0.3 is 0 Å². The van der Waals surface area contributed by atoms with Gasteiger partial charge in [-0.25, -0.2) is 0 Å². The van der Waals surface area contributed by atoms with Gasteiger partial charge in [0.2, 0.25) is 11.8 Å². The number of halogens is 1. The maximum atomic E-state index is 13.1. The summed E-state index contributed by atoms with van der Waals surface area (Å²) in [6.45, 7) is 0. The molecule has 0 unspecified atom stereocenters. The summed E-state index contributed by atoms with van der Waals surface area (Å²) in [5.41, 5.74) is 1.92. The van der Waals surface area contributed by atoms with E-state index in [9.17, 15) is 4.79 Å². The average molecular weight is 450 g/mol. The first kappa shape index (κ1) is 21.4. The number of hydrogen-bond donors (Lipinski definition) is 1. The van der Waals surface area contributed by atoms with Crippen molar-refractivity contribution in [2.24, 2.45) is 0 Å². The molecule has 32 heavy (non-hydrogen) atoms. The van der Waals surface area contributed by atoms with E-state index in [2.05, 4.69) is 15.5 Å². The Morgan fingerprint density at radius 1 is 0.938 bits per heavy atom. The molecule has 3 aromatic carbocycles. The van der Waals surface area contributed by atoms with Crippen molar-refractivity contribution >= 4 is 17.5 Å². The average Bonchev–Trinajstić information content (AvgIpc) is 3.33. The molecule has 1 heterocycles. The molecule has 1 N–H and O–H groups in total. The van der Waals surface area contributed by atoms with Gasteiger partial charge in [-0.2, -0.15) is 0 Å². The number of nitrogens with one attached hydrogen (secondary N) is 1. The minimum Gasteiger partial charge on any atom is -0.493 e. The Morgan fingerprint density at radius 3 is 2.34 bits per heavy atom. The minimum absolute atomic E-state index is 0.250. The summed E-state index contributed by atoms with van der Waals surface area (Å²) in [7, 11) is 3.05. The lowest BCUT2D eigenvalue weighted by Crippen LogP contribution is -2.29. The molecule has 0 spiro atoms. The molecule has 0 radical (unpaired) electrons. The molecule has 0 aliphatic heterocycles. The summed E-state index contributed by atoms with van der Waals surface area (Å²) in [5, 5.41) is 11.9.